The summed E-state index contributed by atoms with van der Waals surface area (Å²) < 4.78 is 5.03. The Morgan fingerprint density at radius 3 is 2.68 bits per heavy atom. The van der Waals surface area contributed by atoms with Crippen LogP contribution in [-0.2, 0) is 14.3 Å². The third kappa shape index (κ3) is 3.69. The van der Waals surface area contributed by atoms with Crippen LogP contribution >= 0.6 is 0 Å². The standard InChI is InChI=1S/C15H23NO3/c1-5-7-16(4)11(3)8-14-12(9-17)10-19-15(18)13(14)6-2/h8-9,13H,5-7,10H2,1-4H3/b11-8-. The molecule has 0 aliphatic carbocycles. The number of hydrogen-bond acceptors (Lipinski definition) is 4. The first kappa shape index (κ1) is 15.5. The predicted molar refractivity (Wildman–Crippen MR) is 74.5 cm³/mol. The van der Waals surface area contributed by atoms with Crippen LogP contribution in [0.2, 0.25) is 0 Å². The molecule has 4 heteroatoms. The molecule has 0 amide bonds. The smallest absolute Gasteiger partial charge is 0.313 e. The second kappa shape index (κ2) is 7.12. The first-order chi connectivity index (χ1) is 9.04. The van der Waals surface area contributed by atoms with Gasteiger partial charge in [0.15, 0.2) is 0 Å². The van der Waals surface area contributed by atoms with Crippen LogP contribution in [0.3, 0.4) is 0 Å². The molecule has 0 saturated heterocycles. The Labute approximate surface area is 115 Å². The van der Waals surface area contributed by atoms with Gasteiger partial charge in [0.2, 0.25) is 0 Å². The van der Waals surface area contributed by atoms with Gasteiger partial charge in [0, 0.05) is 24.9 Å². The van der Waals surface area contributed by atoms with Crippen LogP contribution in [0.15, 0.2) is 22.9 Å². The van der Waals surface area contributed by atoms with E-state index < -0.39 is 0 Å². The number of esters is 1. The lowest BCUT2D eigenvalue weighted by molar-refractivity contribution is -0.147. The molecule has 1 aliphatic rings. The molecule has 1 atom stereocenters. The lowest BCUT2D eigenvalue weighted by Crippen LogP contribution is -2.28. The minimum absolute atomic E-state index is 0.0927. The number of carbonyl (C=O) groups is 2. The van der Waals surface area contributed by atoms with Gasteiger partial charge in [0.1, 0.15) is 12.9 Å². The third-order valence-electron chi connectivity index (χ3n) is 3.48. The first-order valence-electron chi connectivity index (χ1n) is 6.79. The molecule has 0 spiro atoms. The maximum atomic E-state index is 11.8. The Hall–Kier alpha value is -1.58. The van der Waals surface area contributed by atoms with Crippen LogP contribution in [0, 0.1) is 5.92 Å². The minimum Gasteiger partial charge on any atom is -0.460 e. The van der Waals surface area contributed by atoms with Gasteiger partial charge >= 0.3 is 5.97 Å². The van der Waals surface area contributed by atoms with Crippen molar-refractivity contribution in [3.63, 3.8) is 0 Å². The molecule has 1 aliphatic heterocycles. The van der Waals surface area contributed by atoms with Crippen molar-refractivity contribution in [2.45, 2.75) is 33.6 Å². The number of rotatable bonds is 6. The largest absolute Gasteiger partial charge is 0.460 e. The van der Waals surface area contributed by atoms with E-state index in [1.165, 1.54) is 0 Å². The highest BCUT2D eigenvalue weighted by Gasteiger charge is 2.29. The maximum absolute atomic E-state index is 11.8. The highest BCUT2D eigenvalue weighted by atomic mass is 16.5. The molecule has 0 aromatic heterocycles. The monoisotopic (exact) mass is 265 g/mol. The van der Waals surface area contributed by atoms with Gasteiger partial charge < -0.3 is 9.64 Å². The van der Waals surface area contributed by atoms with E-state index in [4.69, 9.17) is 4.74 Å². The third-order valence-corrected chi connectivity index (χ3v) is 3.48. The fourth-order valence-electron chi connectivity index (χ4n) is 2.21. The number of nitrogens with zero attached hydrogens (tertiary/aromatic N) is 1. The average molecular weight is 265 g/mol. The average Bonchev–Trinajstić information content (AvgIpc) is 2.39. The van der Waals surface area contributed by atoms with Crippen molar-refractivity contribution in [3.8, 4) is 0 Å². The van der Waals surface area contributed by atoms with Crippen LogP contribution in [0.25, 0.3) is 0 Å². The Bertz CT molecular complexity index is 410. The van der Waals surface area contributed by atoms with E-state index in [0.717, 1.165) is 30.5 Å². The lowest BCUT2D eigenvalue weighted by Gasteiger charge is -2.25. The Balaban J connectivity index is 3.09. The van der Waals surface area contributed by atoms with Crippen molar-refractivity contribution < 1.29 is 14.3 Å². The molecule has 0 bridgehead atoms. The summed E-state index contributed by atoms with van der Waals surface area (Å²) in [6.07, 6.45) is 4.45. The number of ether oxygens (including phenoxy) is 1. The summed E-state index contributed by atoms with van der Waals surface area (Å²) in [6.45, 7) is 7.09. The molecule has 1 rings (SSSR count). The molecule has 1 heterocycles. The molecule has 0 aromatic carbocycles. The van der Waals surface area contributed by atoms with E-state index >= 15 is 0 Å². The summed E-state index contributed by atoms with van der Waals surface area (Å²) in [5.74, 6) is -0.552. The molecule has 0 N–H and O–H groups in total. The van der Waals surface area contributed by atoms with Crippen molar-refractivity contribution in [2.75, 3.05) is 20.2 Å². The number of cyclic esters (lactones) is 1. The Kier molecular flexibility index (Phi) is 5.80. The fraction of sp³-hybridized carbons (Fsp3) is 0.600. The highest BCUT2D eigenvalue weighted by Crippen LogP contribution is 2.27. The van der Waals surface area contributed by atoms with Gasteiger partial charge in [0.25, 0.3) is 0 Å². The van der Waals surface area contributed by atoms with Crippen LogP contribution in [0.4, 0.5) is 0 Å². The van der Waals surface area contributed by atoms with Crippen LogP contribution in [0.1, 0.15) is 33.6 Å². The zero-order valence-corrected chi connectivity index (χ0v) is 12.2. The topological polar surface area (TPSA) is 46.6 Å². The molecular weight excluding hydrogens is 242 g/mol. The minimum atomic E-state index is -0.320. The quantitative estimate of drug-likeness (QED) is 0.546. The predicted octanol–water partition coefficient (Wildman–Crippen LogP) is 2.31. The molecule has 1 unspecified atom stereocenters. The van der Waals surface area contributed by atoms with E-state index in [2.05, 4.69) is 11.8 Å². The van der Waals surface area contributed by atoms with Crippen molar-refractivity contribution in [2.24, 2.45) is 5.92 Å². The normalized spacial score (nSPS) is 20.3. The molecule has 19 heavy (non-hydrogen) atoms. The number of hydrogen-bond donors (Lipinski definition) is 0. The molecule has 0 aromatic rings. The fourth-order valence-corrected chi connectivity index (χ4v) is 2.21. The SMILES string of the molecule is CCCN(C)/C(C)=C\C1=C(C=O)COC(=O)C1CC. The van der Waals surface area contributed by atoms with Crippen LogP contribution in [0.5, 0.6) is 0 Å². The van der Waals surface area contributed by atoms with E-state index in [1.54, 1.807) is 0 Å². The van der Waals surface area contributed by atoms with E-state index in [0.29, 0.717) is 12.0 Å². The van der Waals surface area contributed by atoms with E-state index in [9.17, 15) is 9.59 Å². The van der Waals surface area contributed by atoms with Gasteiger partial charge in [-0.05, 0) is 31.4 Å². The zero-order chi connectivity index (χ0) is 14.4. The zero-order valence-electron chi connectivity index (χ0n) is 12.2. The van der Waals surface area contributed by atoms with E-state index in [-0.39, 0.29) is 18.5 Å². The van der Waals surface area contributed by atoms with Crippen LogP contribution < -0.4 is 0 Å². The van der Waals surface area contributed by atoms with Crippen molar-refractivity contribution in [1.29, 1.82) is 0 Å². The second-order valence-electron chi connectivity index (χ2n) is 4.87. The second-order valence-corrected chi connectivity index (χ2v) is 4.87. The summed E-state index contributed by atoms with van der Waals surface area (Å²) >= 11 is 0. The molecule has 0 fully saturated rings. The van der Waals surface area contributed by atoms with Gasteiger partial charge in [-0.15, -0.1) is 0 Å². The summed E-state index contributed by atoms with van der Waals surface area (Å²) in [4.78, 5) is 25.0. The summed E-state index contributed by atoms with van der Waals surface area (Å²) in [5.41, 5.74) is 2.45. The summed E-state index contributed by atoms with van der Waals surface area (Å²) in [5, 5.41) is 0. The molecular formula is C15H23NO3. The highest BCUT2D eigenvalue weighted by molar-refractivity contribution is 5.86. The number of aldehydes is 1. The Morgan fingerprint density at radius 1 is 1.47 bits per heavy atom. The van der Waals surface area contributed by atoms with Crippen molar-refractivity contribution in [3.05, 3.63) is 22.9 Å². The van der Waals surface area contributed by atoms with Gasteiger partial charge in [-0.2, -0.15) is 0 Å². The van der Waals surface area contributed by atoms with Gasteiger partial charge in [0.05, 0.1) is 5.92 Å². The molecule has 0 saturated carbocycles. The molecule has 106 valence electrons. The van der Waals surface area contributed by atoms with Crippen molar-refractivity contribution in [1.82, 2.24) is 4.90 Å². The van der Waals surface area contributed by atoms with Crippen molar-refractivity contribution >= 4 is 12.3 Å². The lowest BCUT2D eigenvalue weighted by atomic mass is 9.89. The van der Waals surface area contributed by atoms with Gasteiger partial charge in [-0.25, -0.2) is 0 Å². The number of allylic oxidation sites excluding steroid dienone is 2. The maximum Gasteiger partial charge on any atom is 0.313 e. The first-order valence-corrected chi connectivity index (χ1v) is 6.79. The van der Waals surface area contributed by atoms with Gasteiger partial charge in [-0.3, -0.25) is 9.59 Å². The molecule has 0 radical (unpaired) electrons. The number of carbonyl (C=O) groups excluding carboxylic acids is 2. The van der Waals surface area contributed by atoms with E-state index in [1.807, 2.05) is 27.0 Å². The van der Waals surface area contributed by atoms with Gasteiger partial charge in [-0.1, -0.05) is 13.8 Å². The Morgan fingerprint density at radius 2 is 2.16 bits per heavy atom. The van der Waals surface area contributed by atoms with Crippen LogP contribution in [-0.4, -0.2) is 37.4 Å². The molecule has 4 nitrogen and oxygen atoms in total. The summed E-state index contributed by atoms with van der Waals surface area (Å²) in [6, 6.07) is 0. The summed E-state index contributed by atoms with van der Waals surface area (Å²) in [7, 11) is 2.01.